The lowest BCUT2D eigenvalue weighted by Gasteiger charge is -2.20. The highest BCUT2D eigenvalue weighted by atomic mass is 79.9. The maximum atomic E-state index is 5.68. The van der Waals surface area contributed by atoms with Crippen molar-refractivity contribution < 1.29 is 9.47 Å². The van der Waals surface area contributed by atoms with Crippen LogP contribution in [0.5, 0.6) is 11.5 Å². The van der Waals surface area contributed by atoms with Gasteiger partial charge in [0.25, 0.3) is 0 Å². The lowest BCUT2D eigenvalue weighted by molar-refractivity contribution is 0.170. The van der Waals surface area contributed by atoms with Gasteiger partial charge in [0.05, 0.1) is 10.2 Å². The molecule has 0 atom stereocenters. The van der Waals surface area contributed by atoms with Crippen molar-refractivity contribution in [2.45, 2.75) is 13.0 Å². The predicted octanol–water partition coefficient (Wildman–Crippen LogP) is 2.99. The molecule has 104 valence electrons. The molecule has 0 fully saturated rings. The van der Waals surface area contributed by atoms with E-state index < -0.39 is 0 Å². The van der Waals surface area contributed by atoms with Crippen LogP contribution < -0.4 is 14.8 Å². The van der Waals surface area contributed by atoms with Crippen LogP contribution in [0.1, 0.15) is 10.6 Å². The molecule has 0 saturated heterocycles. The molecule has 2 aliphatic heterocycles. The molecule has 1 aromatic carbocycles. The van der Waals surface area contributed by atoms with Gasteiger partial charge in [-0.05, 0) is 28.1 Å². The van der Waals surface area contributed by atoms with Gasteiger partial charge in [0.15, 0.2) is 11.5 Å². The van der Waals surface area contributed by atoms with Gasteiger partial charge < -0.3 is 14.8 Å². The third kappa shape index (κ3) is 2.12. The van der Waals surface area contributed by atoms with Crippen LogP contribution in [0, 0.1) is 0 Å². The number of nitrogens with zero attached hydrogens (tertiary/aromatic N) is 1. The maximum absolute atomic E-state index is 5.68. The molecular weight excluding hydrogens is 340 g/mol. The molecule has 0 amide bonds. The van der Waals surface area contributed by atoms with Crippen molar-refractivity contribution in [3.05, 3.63) is 27.2 Å². The van der Waals surface area contributed by atoms with E-state index in [1.807, 2.05) is 6.07 Å². The van der Waals surface area contributed by atoms with E-state index in [4.69, 9.17) is 14.5 Å². The normalized spacial score (nSPS) is 16.9. The van der Waals surface area contributed by atoms with E-state index in [1.165, 1.54) is 10.6 Å². The second-order valence-corrected chi connectivity index (χ2v) is 6.74. The maximum Gasteiger partial charge on any atom is 0.175 e. The van der Waals surface area contributed by atoms with Gasteiger partial charge in [-0.1, -0.05) is 0 Å². The summed E-state index contributed by atoms with van der Waals surface area (Å²) in [7, 11) is 0. The average molecular weight is 353 g/mol. The fourth-order valence-electron chi connectivity index (χ4n) is 2.48. The number of benzene rings is 1. The van der Waals surface area contributed by atoms with Crippen LogP contribution in [-0.4, -0.2) is 24.7 Å². The third-order valence-electron chi connectivity index (χ3n) is 3.45. The number of hydrogen-bond donors (Lipinski definition) is 1. The molecule has 0 radical (unpaired) electrons. The van der Waals surface area contributed by atoms with Crippen LogP contribution in [0.15, 0.2) is 16.6 Å². The van der Waals surface area contributed by atoms with Crippen LogP contribution in [0.4, 0.5) is 0 Å². The summed E-state index contributed by atoms with van der Waals surface area (Å²) in [5.74, 6) is 1.59. The van der Waals surface area contributed by atoms with Crippen molar-refractivity contribution in [1.29, 1.82) is 0 Å². The topological polar surface area (TPSA) is 43.4 Å². The number of hydrogen-bond acceptors (Lipinski definition) is 5. The highest BCUT2D eigenvalue weighted by molar-refractivity contribution is 9.10. The van der Waals surface area contributed by atoms with Gasteiger partial charge in [0.2, 0.25) is 0 Å². The molecule has 4 rings (SSSR count). The van der Waals surface area contributed by atoms with Crippen molar-refractivity contribution in [2.24, 2.45) is 0 Å². The summed E-state index contributed by atoms with van der Waals surface area (Å²) >= 11 is 5.32. The number of fused-ring (bicyclic) bond motifs is 2. The standard InChI is InChI=1S/C14H13BrN2O2S/c15-9-5-8(6-11-13(9)19-4-3-18-11)14-17-10-1-2-16-7-12(10)20-14/h5-6,16H,1-4,7H2. The largest absolute Gasteiger partial charge is 0.486 e. The molecular formula is C14H13BrN2O2S. The van der Waals surface area contributed by atoms with Gasteiger partial charge in [-0.25, -0.2) is 4.98 Å². The van der Waals surface area contributed by atoms with Crippen LogP contribution in [0.3, 0.4) is 0 Å². The van der Waals surface area contributed by atoms with Gasteiger partial charge in [-0.2, -0.15) is 0 Å². The Balaban J connectivity index is 1.78. The Morgan fingerprint density at radius 3 is 3.05 bits per heavy atom. The molecule has 0 saturated carbocycles. The van der Waals surface area contributed by atoms with Gasteiger partial charge in [-0.3, -0.25) is 0 Å². The zero-order valence-electron chi connectivity index (χ0n) is 10.7. The molecule has 0 unspecified atom stereocenters. The second kappa shape index (κ2) is 5.02. The summed E-state index contributed by atoms with van der Waals surface area (Å²) in [6.07, 6.45) is 1.01. The summed E-state index contributed by atoms with van der Waals surface area (Å²) < 4.78 is 12.2. The Morgan fingerprint density at radius 1 is 1.25 bits per heavy atom. The van der Waals surface area contributed by atoms with Crippen LogP contribution in [0.2, 0.25) is 0 Å². The summed E-state index contributed by atoms with van der Waals surface area (Å²) in [4.78, 5) is 6.12. The quantitative estimate of drug-likeness (QED) is 0.856. The number of rotatable bonds is 1. The van der Waals surface area contributed by atoms with Crippen molar-refractivity contribution in [3.63, 3.8) is 0 Å². The Hall–Kier alpha value is -1.11. The first-order valence-corrected chi connectivity index (χ1v) is 8.21. The van der Waals surface area contributed by atoms with Gasteiger partial charge in [-0.15, -0.1) is 11.3 Å². The monoisotopic (exact) mass is 352 g/mol. The first-order chi connectivity index (χ1) is 9.81. The second-order valence-electron chi connectivity index (χ2n) is 4.80. The molecule has 6 heteroatoms. The Labute approximate surface area is 129 Å². The fraction of sp³-hybridized carbons (Fsp3) is 0.357. The minimum Gasteiger partial charge on any atom is -0.486 e. The molecule has 4 nitrogen and oxygen atoms in total. The zero-order chi connectivity index (χ0) is 13.5. The van der Waals surface area contributed by atoms with E-state index in [9.17, 15) is 0 Å². The van der Waals surface area contributed by atoms with E-state index in [2.05, 4.69) is 27.3 Å². The van der Waals surface area contributed by atoms with E-state index in [0.29, 0.717) is 13.2 Å². The Morgan fingerprint density at radius 2 is 2.15 bits per heavy atom. The van der Waals surface area contributed by atoms with Crippen molar-refractivity contribution in [1.82, 2.24) is 10.3 Å². The van der Waals surface area contributed by atoms with E-state index in [0.717, 1.165) is 46.1 Å². The van der Waals surface area contributed by atoms with E-state index >= 15 is 0 Å². The lowest BCUT2D eigenvalue weighted by atomic mass is 10.2. The van der Waals surface area contributed by atoms with Crippen LogP contribution in [0.25, 0.3) is 10.6 Å². The van der Waals surface area contributed by atoms with Gasteiger partial charge >= 0.3 is 0 Å². The van der Waals surface area contributed by atoms with Gasteiger partial charge in [0.1, 0.15) is 18.2 Å². The summed E-state index contributed by atoms with van der Waals surface area (Å²) in [6, 6.07) is 4.09. The summed E-state index contributed by atoms with van der Waals surface area (Å²) in [5, 5.41) is 4.44. The fourth-order valence-corrected chi connectivity index (χ4v) is 4.10. The van der Waals surface area contributed by atoms with Crippen molar-refractivity contribution >= 4 is 27.3 Å². The molecule has 0 aliphatic carbocycles. The van der Waals surface area contributed by atoms with Crippen molar-refractivity contribution in [3.8, 4) is 22.1 Å². The number of aromatic nitrogens is 1. The number of nitrogens with one attached hydrogen (secondary N) is 1. The molecule has 0 spiro atoms. The molecule has 20 heavy (non-hydrogen) atoms. The summed E-state index contributed by atoms with van der Waals surface area (Å²) in [6.45, 7) is 3.14. The molecule has 2 aliphatic rings. The summed E-state index contributed by atoms with van der Waals surface area (Å²) in [5.41, 5.74) is 2.32. The first kappa shape index (κ1) is 12.6. The van der Waals surface area contributed by atoms with Crippen LogP contribution >= 0.6 is 27.3 Å². The van der Waals surface area contributed by atoms with Gasteiger partial charge in [0, 0.05) is 30.0 Å². The highest BCUT2D eigenvalue weighted by Crippen LogP contribution is 2.42. The zero-order valence-corrected chi connectivity index (χ0v) is 13.1. The average Bonchev–Trinajstić information content (AvgIpc) is 2.91. The van der Waals surface area contributed by atoms with E-state index in [1.54, 1.807) is 11.3 Å². The van der Waals surface area contributed by atoms with Crippen molar-refractivity contribution in [2.75, 3.05) is 19.8 Å². The third-order valence-corrected chi connectivity index (χ3v) is 5.18. The molecule has 2 aromatic rings. The number of thiazole rings is 1. The predicted molar refractivity (Wildman–Crippen MR) is 81.7 cm³/mol. The smallest absolute Gasteiger partial charge is 0.175 e. The highest BCUT2D eigenvalue weighted by Gasteiger charge is 2.20. The minimum absolute atomic E-state index is 0.598. The Kier molecular flexibility index (Phi) is 3.17. The Bertz CT molecular complexity index is 648. The van der Waals surface area contributed by atoms with Crippen LogP contribution in [-0.2, 0) is 13.0 Å². The number of ether oxygens (including phenoxy) is 2. The SMILES string of the molecule is Brc1cc(-c2nc3c(s2)CNCC3)cc2c1OCCO2. The minimum atomic E-state index is 0.598. The molecule has 1 aromatic heterocycles. The van der Waals surface area contributed by atoms with E-state index in [-0.39, 0.29) is 0 Å². The molecule has 3 heterocycles. The molecule has 0 bridgehead atoms. The lowest BCUT2D eigenvalue weighted by Crippen LogP contribution is -2.22. The first-order valence-electron chi connectivity index (χ1n) is 6.60. The number of halogens is 1. The molecule has 1 N–H and O–H groups in total.